The van der Waals surface area contributed by atoms with Gasteiger partial charge in [0, 0.05) is 16.1 Å². The van der Waals surface area contributed by atoms with Crippen molar-refractivity contribution in [3.63, 3.8) is 0 Å². The number of fused-ring (bicyclic) bond motifs is 1. The van der Waals surface area contributed by atoms with Gasteiger partial charge in [0.15, 0.2) is 0 Å². The fraction of sp³-hybridized carbons (Fsp3) is 0.111. The van der Waals surface area contributed by atoms with E-state index in [1.807, 2.05) is 86.0 Å². The Labute approximate surface area is 190 Å². The summed E-state index contributed by atoms with van der Waals surface area (Å²) in [5.74, 6) is -1.45. The summed E-state index contributed by atoms with van der Waals surface area (Å²) in [6.07, 6.45) is 0. The van der Waals surface area contributed by atoms with Crippen LogP contribution in [0.15, 0.2) is 83.7 Å². The van der Waals surface area contributed by atoms with Crippen molar-refractivity contribution in [1.82, 2.24) is 0 Å². The van der Waals surface area contributed by atoms with E-state index in [1.54, 1.807) is 6.07 Å². The summed E-state index contributed by atoms with van der Waals surface area (Å²) in [6, 6.07) is 22.2. The van der Waals surface area contributed by atoms with Crippen LogP contribution < -0.4 is 4.90 Å². The predicted molar refractivity (Wildman–Crippen MR) is 129 cm³/mol. The van der Waals surface area contributed by atoms with Crippen LogP contribution in [0.4, 0.5) is 5.69 Å². The third kappa shape index (κ3) is 3.22. The highest BCUT2D eigenvalue weighted by Gasteiger charge is 2.47. The van der Waals surface area contributed by atoms with Crippen LogP contribution in [0.5, 0.6) is 0 Å². The SMILES string of the molecule is Cc1ccc(N2C(=O)C(=O)/C(=C(\O)c3ccc4ccccc4c3)C2c2sccc2C)cc1. The second-order valence-corrected chi connectivity index (χ2v) is 8.98. The lowest BCUT2D eigenvalue weighted by Gasteiger charge is -2.25. The van der Waals surface area contributed by atoms with Crippen molar-refractivity contribution in [2.24, 2.45) is 0 Å². The van der Waals surface area contributed by atoms with Gasteiger partial charge in [0.25, 0.3) is 11.7 Å². The standard InChI is InChI=1S/C27H21NO3S/c1-16-7-11-21(12-8-16)28-23(26-17(2)13-14-32-26)22(25(30)27(28)31)24(29)20-10-9-18-5-3-4-6-19(18)15-20/h3-15,23,29H,1-2H3/b24-22-. The molecule has 4 aromatic rings. The zero-order valence-corrected chi connectivity index (χ0v) is 18.5. The summed E-state index contributed by atoms with van der Waals surface area (Å²) < 4.78 is 0. The number of hydrogen-bond donors (Lipinski definition) is 1. The van der Waals surface area contributed by atoms with Crippen molar-refractivity contribution < 1.29 is 14.7 Å². The molecule has 0 aliphatic carbocycles. The van der Waals surface area contributed by atoms with Gasteiger partial charge in [-0.1, -0.05) is 54.1 Å². The monoisotopic (exact) mass is 439 g/mol. The Morgan fingerprint density at radius 2 is 1.62 bits per heavy atom. The molecule has 1 aromatic heterocycles. The summed E-state index contributed by atoms with van der Waals surface area (Å²) in [5.41, 5.74) is 3.31. The van der Waals surface area contributed by atoms with Crippen molar-refractivity contribution in [2.45, 2.75) is 19.9 Å². The number of amides is 1. The average Bonchev–Trinajstić information content (AvgIpc) is 3.34. The zero-order valence-electron chi connectivity index (χ0n) is 17.7. The van der Waals surface area contributed by atoms with E-state index in [2.05, 4.69) is 0 Å². The fourth-order valence-electron chi connectivity index (χ4n) is 4.21. The predicted octanol–water partition coefficient (Wildman–Crippen LogP) is 6.14. The number of ketones is 1. The van der Waals surface area contributed by atoms with Gasteiger partial charge in [-0.3, -0.25) is 14.5 Å². The molecule has 1 amide bonds. The molecule has 1 fully saturated rings. The number of benzene rings is 3. The molecule has 1 aliphatic heterocycles. The van der Waals surface area contributed by atoms with Gasteiger partial charge < -0.3 is 5.11 Å². The summed E-state index contributed by atoms with van der Waals surface area (Å²) in [4.78, 5) is 28.8. The molecule has 5 heteroatoms. The lowest BCUT2D eigenvalue weighted by Crippen LogP contribution is -2.29. The smallest absolute Gasteiger partial charge is 0.300 e. The molecular formula is C27H21NO3S. The van der Waals surface area contributed by atoms with E-state index in [9.17, 15) is 14.7 Å². The number of Topliss-reactive ketones (excluding diaryl/α,β-unsaturated/α-hetero) is 1. The molecule has 3 aromatic carbocycles. The first kappa shape index (κ1) is 20.2. The highest BCUT2D eigenvalue weighted by atomic mass is 32.1. The van der Waals surface area contributed by atoms with Crippen molar-refractivity contribution in [3.8, 4) is 0 Å². The van der Waals surface area contributed by atoms with Gasteiger partial charge in [-0.25, -0.2) is 0 Å². The van der Waals surface area contributed by atoms with Crippen LogP contribution in [0, 0.1) is 13.8 Å². The first-order chi connectivity index (χ1) is 15.5. The van der Waals surface area contributed by atoms with Gasteiger partial charge in [0.05, 0.1) is 5.57 Å². The van der Waals surface area contributed by atoms with E-state index >= 15 is 0 Å². The van der Waals surface area contributed by atoms with Gasteiger partial charge in [0.1, 0.15) is 11.8 Å². The Bertz CT molecular complexity index is 1400. The minimum Gasteiger partial charge on any atom is -0.507 e. The molecule has 158 valence electrons. The quantitative estimate of drug-likeness (QED) is 0.237. The number of carbonyl (C=O) groups is 2. The molecule has 1 N–H and O–H groups in total. The van der Waals surface area contributed by atoms with Crippen LogP contribution in [0.2, 0.25) is 0 Å². The van der Waals surface area contributed by atoms with Crippen molar-refractivity contribution in [2.75, 3.05) is 4.90 Å². The fourth-order valence-corrected chi connectivity index (χ4v) is 5.23. The lowest BCUT2D eigenvalue weighted by molar-refractivity contribution is -0.132. The van der Waals surface area contributed by atoms with Gasteiger partial charge in [-0.05, 0) is 59.8 Å². The zero-order chi connectivity index (χ0) is 22.4. The summed E-state index contributed by atoms with van der Waals surface area (Å²) in [5, 5.41) is 15.3. The van der Waals surface area contributed by atoms with Crippen LogP contribution in [-0.4, -0.2) is 16.8 Å². The molecule has 1 atom stereocenters. The molecule has 2 heterocycles. The Kier molecular flexibility index (Phi) is 4.91. The Morgan fingerprint density at radius 1 is 0.906 bits per heavy atom. The van der Waals surface area contributed by atoms with Crippen molar-refractivity contribution in [3.05, 3.63) is 105 Å². The molecule has 5 rings (SSSR count). The number of carbonyl (C=O) groups excluding carboxylic acids is 2. The second-order valence-electron chi connectivity index (χ2n) is 8.03. The number of hydrogen-bond acceptors (Lipinski definition) is 4. The van der Waals surface area contributed by atoms with Crippen molar-refractivity contribution >= 4 is 45.2 Å². The van der Waals surface area contributed by atoms with Crippen LogP contribution in [0.3, 0.4) is 0 Å². The maximum atomic E-state index is 13.2. The van der Waals surface area contributed by atoms with Gasteiger partial charge in [-0.2, -0.15) is 0 Å². The van der Waals surface area contributed by atoms with Crippen LogP contribution >= 0.6 is 11.3 Å². The average molecular weight is 440 g/mol. The van der Waals surface area contributed by atoms with Crippen LogP contribution in [0.1, 0.15) is 27.6 Å². The van der Waals surface area contributed by atoms with E-state index in [4.69, 9.17) is 0 Å². The van der Waals surface area contributed by atoms with Gasteiger partial charge in [-0.15, -0.1) is 11.3 Å². The maximum absolute atomic E-state index is 13.2. The molecule has 4 nitrogen and oxygen atoms in total. The van der Waals surface area contributed by atoms with Gasteiger partial charge >= 0.3 is 0 Å². The number of aliphatic hydroxyl groups excluding tert-OH is 1. The largest absolute Gasteiger partial charge is 0.507 e. The number of aliphatic hydroxyl groups is 1. The highest BCUT2D eigenvalue weighted by molar-refractivity contribution is 7.10. The Balaban J connectivity index is 1.73. The molecule has 1 aliphatic rings. The topological polar surface area (TPSA) is 57.6 Å². The molecule has 0 saturated carbocycles. The highest BCUT2D eigenvalue weighted by Crippen LogP contribution is 2.45. The molecular weight excluding hydrogens is 418 g/mol. The normalized spacial score (nSPS) is 17.9. The number of aryl methyl sites for hydroxylation is 2. The lowest BCUT2D eigenvalue weighted by atomic mass is 9.97. The number of thiophene rings is 1. The molecule has 0 bridgehead atoms. The second kappa shape index (κ2) is 7.77. The Hall–Kier alpha value is -3.70. The third-order valence-corrected chi connectivity index (χ3v) is 7.00. The number of nitrogens with zero attached hydrogens (tertiary/aromatic N) is 1. The Morgan fingerprint density at radius 3 is 2.31 bits per heavy atom. The molecule has 1 unspecified atom stereocenters. The van der Waals surface area contributed by atoms with E-state index in [1.165, 1.54) is 16.2 Å². The first-order valence-corrected chi connectivity index (χ1v) is 11.2. The summed E-state index contributed by atoms with van der Waals surface area (Å²) >= 11 is 1.48. The molecule has 32 heavy (non-hydrogen) atoms. The third-order valence-electron chi connectivity index (χ3n) is 5.93. The number of anilines is 1. The number of rotatable bonds is 3. The van der Waals surface area contributed by atoms with Crippen LogP contribution in [-0.2, 0) is 9.59 Å². The van der Waals surface area contributed by atoms with Gasteiger partial charge in [0.2, 0.25) is 0 Å². The van der Waals surface area contributed by atoms with E-state index < -0.39 is 17.7 Å². The first-order valence-electron chi connectivity index (χ1n) is 10.4. The molecule has 0 radical (unpaired) electrons. The van der Waals surface area contributed by atoms with Crippen LogP contribution in [0.25, 0.3) is 16.5 Å². The van der Waals surface area contributed by atoms with E-state index in [-0.39, 0.29) is 11.3 Å². The minimum absolute atomic E-state index is 0.122. The van der Waals surface area contributed by atoms with E-state index in [0.717, 1.165) is 26.8 Å². The maximum Gasteiger partial charge on any atom is 0.300 e. The minimum atomic E-state index is -0.677. The molecule has 0 spiro atoms. The van der Waals surface area contributed by atoms with E-state index in [0.29, 0.717) is 11.3 Å². The summed E-state index contributed by atoms with van der Waals surface area (Å²) in [7, 11) is 0. The van der Waals surface area contributed by atoms with Crippen molar-refractivity contribution in [1.29, 1.82) is 0 Å². The summed E-state index contributed by atoms with van der Waals surface area (Å²) in [6.45, 7) is 3.93. The molecule has 1 saturated heterocycles.